The van der Waals surface area contributed by atoms with Crippen molar-refractivity contribution in [2.75, 3.05) is 12.3 Å². The number of nitrogens with zero attached hydrogens (tertiary/aromatic N) is 4. The third-order valence-electron chi connectivity index (χ3n) is 5.40. The number of nitrogens with two attached hydrogens (primary N) is 2. The summed E-state index contributed by atoms with van der Waals surface area (Å²) < 4.78 is 6.83. The van der Waals surface area contributed by atoms with E-state index in [1.54, 1.807) is 0 Å². The van der Waals surface area contributed by atoms with Gasteiger partial charge in [0.2, 0.25) is 5.82 Å². The quantitative estimate of drug-likeness (QED) is 0.273. The number of carbonyl (C=O) groups is 1. The van der Waals surface area contributed by atoms with Gasteiger partial charge < -0.3 is 31.5 Å². The first-order valence-electron chi connectivity index (χ1n) is 10.3. The number of aromatic nitrogens is 4. The molecule has 0 spiro atoms. The zero-order valence-electron chi connectivity index (χ0n) is 17.4. The molecule has 4 atom stereocenters. The Morgan fingerprint density at radius 1 is 1.29 bits per heavy atom. The molecule has 1 fully saturated rings. The maximum absolute atomic E-state index is 11.8. The van der Waals surface area contributed by atoms with E-state index in [0.717, 1.165) is 12.8 Å². The number of unbranched alkanes of at least 4 members (excludes halogenated alkanes) is 5. The van der Waals surface area contributed by atoms with Crippen LogP contribution in [0.3, 0.4) is 0 Å². The number of hydrogen-bond acceptors (Lipinski definition) is 9. The molecule has 2 aromatic heterocycles. The van der Waals surface area contributed by atoms with Crippen molar-refractivity contribution in [2.45, 2.75) is 69.5 Å². The summed E-state index contributed by atoms with van der Waals surface area (Å²) in [7, 11) is 0. The van der Waals surface area contributed by atoms with Crippen LogP contribution in [0.4, 0.5) is 5.82 Å². The van der Waals surface area contributed by atoms with Crippen molar-refractivity contribution in [1.29, 1.82) is 0 Å². The lowest BCUT2D eigenvalue weighted by atomic mass is 9.95. The third-order valence-corrected chi connectivity index (χ3v) is 5.40. The van der Waals surface area contributed by atoms with Gasteiger partial charge in [-0.2, -0.15) is 0 Å². The molecule has 31 heavy (non-hydrogen) atoms. The van der Waals surface area contributed by atoms with E-state index in [0.29, 0.717) is 6.42 Å². The Bertz CT molecular complexity index is 999. The fourth-order valence-corrected chi connectivity index (χ4v) is 3.56. The van der Waals surface area contributed by atoms with Crippen LogP contribution < -0.4 is 11.5 Å². The summed E-state index contributed by atoms with van der Waals surface area (Å²) in [6.07, 6.45) is 3.06. The number of amides is 1. The van der Waals surface area contributed by atoms with Gasteiger partial charge in [-0.1, -0.05) is 38.5 Å². The number of ether oxygens (including phenoxy) is 1. The summed E-state index contributed by atoms with van der Waals surface area (Å²) >= 11 is 0. The van der Waals surface area contributed by atoms with Crippen molar-refractivity contribution >= 4 is 22.9 Å². The van der Waals surface area contributed by atoms with Crippen molar-refractivity contribution in [3.63, 3.8) is 0 Å². The molecule has 11 nitrogen and oxygen atoms in total. The molecule has 0 radical (unpaired) electrons. The number of fused-ring (bicyclic) bond motifs is 1. The predicted octanol–water partition coefficient (Wildman–Crippen LogP) is -0.412. The highest BCUT2D eigenvalue weighted by atomic mass is 16.6. The van der Waals surface area contributed by atoms with Gasteiger partial charge in [-0.15, -0.1) is 0 Å². The van der Waals surface area contributed by atoms with E-state index < -0.39 is 36.6 Å². The van der Waals surface area contributed by atoms with E-state index in [2.05, 4.69) is 33.7 Å². The van der Waals surface area contributed by atoms with Gasteiger partial charge in [-0.25, -0.2) is 15.0 Å². The topological polar surface area (TPSA) is 183 Å². The third kappa shape index (κ3) is 4.33. The zero-order valence-corrected chi connectivity index (χ0v) is 17.4. The highest BCUT2D eigenvalue weighted by Gasteiger charge is 2.58. The van der Waals surface area contributed by atoms with Crippen molar-refractivity contribution < 1.29 is 24.9 Å². The monoisotopic (exact) mass is 432 g/mol. The average molecular weight is 432 g/mol. The first-order chi connectivity index (χ1) is 14.9. The lowest BCUT2D eigenvalue weighted by Crippen LogP contribution is -2.56. The number of imidazole rings is 1. The molecule has 7 N–H and O–H groups in total. The molecule has 1 saturated heterocycles. The molecule has 0 unspecified atom stereocenters. The van der Waals surface area contributed by atoms with E-state index in [-0.39, 0.29) is 22.8 Å². The Morgan fingerprint density at radius 2 is 2.03 bits per heavy atom. The Hall–Kier alpha value is -2.78. The van der Waals surface area contributed by atoms with E-state index >= 15 is 0 Å². The molecule has 0 aliphatic carbocycles. The molecule has 2 aromatic rings. The minimum Gasteiger partial charge on any atom is -0.393 e. The maximum Gasteiger partial charge on any atom is 0.255 e. The van der Waals surface area contributed by atoms with Crippen LogP contribution >= 0.6 is 0 Å². The molecule has 1 aliphatic heterocycles. The number of aliphatic hydroxyl groups is 3. The predicted molar refractivity (Wildman–Crippen MR) is 111 cm³/mol. The second-order valence-electron chi connectivity index (χ2n) is 7.58. The Labute approximate surface area is 179 Å². The summed E-state index contributed by atoms with van der Waals surface area (Å²) in [5, 5.41) is 30.4. The number of anilines is 1. The van der Waals surface area contributed by atoms with Gasteiger partial charge in [0, 0.05) is 6.42 Å². The molecule has 11 heteroatoms. The maximum atomic E-state index is 11.8. The molecule has 0 saturated carbocycles. The number of nitrogen functional groups attached to an aromatic ring is 1. The molecule has 0 aromatic carbocycles. The fraction of sp³-hybridized carbons (Fsp3) is 0.600. The normalized spacial score (nSPS) is 25.5. The molecule has 0 bridgehead atoms. The summed E-state index contributed by atoms with van der Waals surface area (Å²) in [6, 6.07) is 0. The number of rotatable bonds is 8. The first-order valence-corrected chi connectivity index (χ1v) is 10.3. The molecular formula is C20H28N6O5. The average Bonchev–Trinajstić information content (AvgIpc) is 3.27. The number of carbonyl (C=O) groups excluding carboxylic acids is 1. The summed E-state index contributed by atoms with van der Waals surface area (Å²) in [6.45, 7) is 1.26. The van der Waals surface area contributed by atoms with Gasteiger partial charge in [0.05, 0.1) is 12.9 Å². The highest BCUT2D eigenvalue weighted by molar-refractivity contribution is 5.85. The molecule has 3 heterocycles. The first kappa shape index (κ1) is 22.9. The minimum absolute atomic E-state index is 0.0901. The van der Waals surface area contributed by atoms with Crippen LogP contribution in [0.5, 0.6) is 0 Å². The Morgan fingerprint density at radius 3 is 2.68 bits per heavy atom. The second-order valence-corrected chi connectivity index (χ2v) is 7.58. The minimum atomic E-state index is -2.15. The lowest BCUT2D eigenvalue weighted by Gasteiger charge is -2.25. The lowest BCUT2D eigenvalue weighted by molar-refractivity contribution is -0.163. The smallest absolute Gasteiger partial charge is 0.255 e. The van der Waals surface area contributed by atoms with Crippen LogP contribution in [0.15, 0.2) is 6.33 Å². The molecular weight excluding hydrogens is 404 g/mol. The van der Waals surface area contributed by atoms with E-state index in [4.69, 9.17) is 16.2 Å². The van der Waals surface area contributed by atoms with Crippen LogP contribution in [0.25, 0.3) is 11.2 Å². The summed E-state index contributed by atoms with van der Waals surface area (Å²) in [5.41, 5.74) is 9.57. The van der Waals surface area contributed by atoms with E-state index in [1.807, 2.05) is 0 Å². The highest BCUT2D eigenvalue weighted by Crippen LogP contribution is 2.38. The van der Waals surface area contributed by atoms with E-state index in [9.17, 15) is 20.1 Å². The van der Waals surface area contributed by atoms with Gasteiger partial charge in [0.25, 0.3) is 5.91 Å². The second kappa shape index (κ2) is 9.57. The van der Waals surface area contributed by atoms with Gasteiger partial charge in [-0.05, 0) is 12.3 Å². The largest absolute Gasteiger partial charge is 0.393 e. The SMILES string of the molecule is CCCCCCCC#Cc1nc(N)c2ncn([C@@H]3O[C@@](CO)(C(N)=O)[C@@H](O)[C@H]3O)c2n1. The Balaban J connectivity index is 1.86. The number of primary amides is 1. The van der Waals surface area contributed by atoms with Gasteiger partial charge in [0.15, 0.2) is 23.3 Å². The van der Waals surface area contributed by atoms with Crippen molar-refractivity contribution in [3.8, 4) is 11.8 Å². The zero-order chi connectivity index (χ0) is 22.6. The van der Waals surface area contributed by atoms with E-state index in [1.165, 1.54) is 30.2 Å². The Kier molecular flexibility index (Phi) is 7.07. The van der Waals surface area contributed by atoms with Crippen molar-refractivity contribution in [2.24, 2.45) is 5.73 Å². The standard InChI is InChI=1S/C20H28N6O5/c1-2-3-4-5-6-7-8-9-12-24-16(21)13-17(25-12)26(11-23-13)18-14(28)15(29)20(10-27,31-18)19(22)30/h11,14-15,18,27-29H,2-7,10H2,1H3,(H2,22,30)(H2,21,24,25)/t14-,15+,18-,20-/m1/s1. The van der Waals surface area contributed by atoms with Crippen LogP contribution in [0, 0.1) is 11.8 Å². The van der Waals surface area contributed by atoms with Crippen LogP contribution in [0.1, 0.15) is 57.5 Å². The van der Waals surface area contributed by atoms with Gasteiger partial charge in [0.1, 0.15) is 17.7 Å². The summed E-state index contributed by atoms with van der Waals surface area (Å²) in [5.74, 6) is 5.08. The molecule has 168 valence electrons. The number of aliphatic hydroxyl groups excluding tert-OH is 3. The fourth-order valence-electron chi connectivity index (χ4n) is 3.56. The summed E-state index contributed by atoms with van der Waals surface area (Å²) in [4.78, 5) is 24.4. The molecule has 1 aliphatic rings. The molecule has 3 rings (SSSR count). The van der Waals surface area contributed by atoms with Crippen LogP contribution in [0.2, 0.25) is 0 Å². The van der Waals surface area contributed by atoms with Crippen molar-refractivity contribution in [1.82, 2.24) is 19.5 Å². The number of hydrogen-bond donors (Lipinski definition) is 5. The van der Waals surface area contributed by atoms with Gasteiger partial charge in [-0.3, -0.25) is 9.36 Å². The molecule has 1 amide bonds. The van der Waals surface area contributed by atoms with Crippen LogP contribution in [-0.4, -0.2) is 65.2 Å². The van der Waals surface area contributed by atoms with Crippen molar-refractivity contribution in [3.05, 3.63) is 12.2 Å². The van der Waals surface area contributed by atoms with Crippen LogP contribution in [-0.2, 0) is 9.53 Å². The van der Waals surface area contributed by atoms with Gasteiger partial charge >= 0.3 is 0 Å².